The summed E-state index contributed by atoms with van der Waals surface area (Å²) in [5, 5.41) is 0. The summed E-state index contributed by atoms with van der Waals surface area (Å²) in [6.07, 6.45) is 2.05. The minimum Gasteiger partial charge on any atom is -0.318 e. The number of nitrogens with zero attached hydrogens (tertiary/aromatic N) is 2. The Hall–Kier alpha value is -2.59. The van der Waals surface area contributed by atoms with Crippen LogP contribution in [0.1, 0.15) is 40.6 Å². The van der Waals surface area contributed by atoms with E-state index in [4.69, 9.17) is 0 Å². The van der Waals surface area contributed by atoms with Gasteiger partial charge in [-0.2, -0.15) is 0 Å². The van der Waals surface area contributed by atoms with Crippen LogP contribution < -0.4 is 4.90 Å². The second-order valence-corrected chi connectivity index (χ2v) is 8.47. The van der Waals surface area contributed by atoms with Gasteiger partial charge in [-0.05, 0) is 81.7 Å². The molecular weight excluding hydrogens is 424 g/mol. The van der Waals surface area contributed by atoms with Gasteiger partial charge in [-0.15, -0.1) is 0 Å². The molecule has 2 heterocycles. The molecule has 3 nitrogen and oxygen atoms in total. The molecule has 0 spiro atoms. The van der Waals surface area contributed by atoms with Crippen LogP contribution in [0.5, 0.6) is 0 Å². The summed E-state index contributed by atoms with van der Waals surface area (Å²) in [5.41, 5.74) is 9.73. The van der Waals surface area contributed by atoms with Crippen LogP contribution >= 0.6 is 15.9 Å². The van der Waals surface area contributed by atoms with Crippen LogP contribution in [-0.4, -0.2) is 17.0 Å². The van der Waals surface area contributed by atoms with Crippen molar-refractivity contribution in [1.29, 1.82) is 0 Å². The highest BCUT2D eigenvalue weighted by atomic mass is 79.9. The SMILES string of the molecule is CCN1C(=O)/C(=C/c2cc(C)n(-c3cc(C)c(Br)c(C)c3)c2C)c2ccccc21. The van der Waals surface area contributed by atoms with Crippen molar-refractivity contribution in [2.45, 2.75) is 34.6 Å². The Labute approximate surface area is 180 Å². The Balaban J connectivity index is 1.85. The summed E-state index contributed by atoms with van der Waals surface area (Å²) in [5.74, 6) is 0.0776. The molecule has 29 heavy (non-hydrogen) atoms. The molecule has 0 aliphatic carbocycles. The van der Waals surface area contributed by atoms with Crippen LogP contribution in [0, 0.1) is 27.7 Å². The predicted octanol–water partition coefficient (Wildman–Crippen LogP) is 6.38. The number of benzene rings is 2. The van der Waals surface area contributed by atoms with Crippen molar-refractivity contribution >= 4 is 39.2 Å². The number of fused-ring (bicyclic) bond motifs is 1. The molecular formula is C25H25BrN2O. The van der Waals surface area contributed by atoms with Crippen LogP contribution in [0.3, 0.4) is 0 Å². The van der Waals surface area contributed by atoms with Gasteiger partial charge in [0.15, 0.2) is 0 Å². The van der Waals surface area contributed by atoms with Crippen LogP contribution in [0.4, 0.5) is 5.69 Å². The van der Waals surface area contributed by atoms with Crippen LogP contribution in [0.2, 0.25) is 0 Å². The predicted molar refractivity (Wildman–Crippen MR) is 125 cm³/mol. The average molecular weight is 449 g/mol. The maximum atomic E-state index is 13.0. The van der Waals surface area contributed by atoms with Gasteiger partial charge in [0, 0.05) is 39.2 Å². The van der Waals surface area contributed by atoms with Gasteiger partial charge < -0.3 is 9.47 Å². The molecule has 4 heteroatoms. The van der Waals surface area contributed by atoms with Gasteiger partial charge in [-0.3, -0.25) is 4.79 Å². The molecule has 0 radical (unpaired) electrons. The van der Waals surface area contributed by atoms with Crippen molar-refractivity contribution in [3.8, 4) is 5.69 Å². The number of aromatic nitrogens is 1. The topological polar surface area (TPSA) is 25.2 Å². The van der Waals surface area contributed by atoms with Gasteiger partial charge in [0.1, 0.15) is 0 Å². The van der Waals surface area contributed by atoms with Crippen LogP contribution in [0.25, 0.3) is 17.3 Å². The Kier molecular flexibility index (Phi) is 4.99. The molecule has 0 saturated carbocycles. The number of likely N-dealkylation sites (N-methyl/N-ethyl adjacent to an activating group) is 1. The Morgan fingerprint density at radius 1 is 1.00 bits per heavy atom. The third-order valence-electron chi connectivity index (χ3n) is 5.73. The van der Waals surface area contributed by atoms with Crippen molar-refractivity contribution in [2.24, 2.45) is 0 Å². The quantitative estimate of drug-likeness (QED) is 0.426. The number of carbonyl (C=O) groups excluding carboxylic acids is 1. The van der Waals surface area contributed by atoms with Gasteiger partial charge in [-0.25, -0.2) is 0 Å². The third-order valence-corrected chi connectivity index (χ3v) is 6.98. The van der Waals surface area contributed by atoms with Crippen molar-refractivity contribution < 1.29 is 4.79 Å². The number of hydrogen-bond acceptors (Lipinski definition) is 1. The molecule has 4 rings (SSSR count). The first kappa shape index (κ1) is 19.7. The van der Waals surface area contributed by atoms with E-state index in [0.717, 1.165) is 43.9 Å². The first-order valence-electron chi connectivity index (χ1n) is 9.92. The summed E-state index contributed by atoms with van der Waals surface area (Å²) in [4.78, 5) is 14.9. The monoisotopic (exact) mass is 448 g/mol. The fourth-order valence-electron chi connectivity index (χ4n) is 4.30. The largest absolute Gasteiger partial charge is 0.318 e. The number of hydrogen-bond donors (Lipinski definition) is 0. The zero-order valence-corrected chi connectivity index (χ0v) is 19.1. The lowest BCUT2D eigenvalue weighted by Gasteiger charge is -2.14. The summed E-state index contributed by atoms with van der Waals surface area (Å²) >= 11 is 3.66. The molecule has 0 bridgehead atoms. The summed E-state index contributed by atoms with van der Waals surface area (Å²) in [6.45, 7) is 11.2. The molecule has 3 aromatic rings. The van der Waals surface area contributed by atoms with Gasteiger partial charge >= 0.3 is 0 Å². The fourth-order valence-corrected chi connectivity index (χ4v) is 4.53. The highest BCUT2D eigenvalue weighted by molar-refractivity contribution is 9.10. The molecule has 0 atom stereocenters. The average Bonchev–Trinajstić information content (AvgIpc) is 3.12. The number of aryl methyl sites for hydroxylation is 3. The smallest absolute Gasteiger partial charge is 0.258 e. The summed E-state index contributed by atoms with van der Waals surface area (Å²) in [6, 6.07) is 14.6. The van der Waals surface area contributed by atoms with E-state index in [-0.39, 0.29) is 5.91 Å². The number of halogens is 1. The van der Waals surface area contributed by atoms with Crippen molar-refractivity contribution in [3.63, 3.8) is 0 Å². The van der Waals surface area contributed by atoms with Crippen LogP contribution in [0.15, 0.2) is 46.9 Å². The molecule has 0 fully saturated rings. The molecule has 2 aromatic carbocycles. The van der Waals surface area contributed by atoms with E-state index in [0.29, 0.717) is 6.54 Å². The van der Waals surface area contributed by atoms with E-state index < -0.39 is 0 Å². The molecule has 1 aliphatic heterocycles. The first-order valence-corrected chi connectivity index (χ1v) is 10.7. The van der Waals surface area contributed by atoms with Gasteiger partial charge in [0.05, 0.1) is 5.69 Å². The number of carbonyl (C=O) groups is 1. The zero-order valence-electron chi connectivity index (χ0n) is 17.5. The van der Waals surface area contributed by atoms with Crippen molar-refractivity contribution in [2.75, 3.05) is 11.4 Å². The maximum absolute atomic E-state index is 13.0. The number of rotatable bonds is 3. The van der Waals surface area contributed by atoms with E-state index in [1.54, 1.807) is 0 Å². The Morgan fingerprint density at radius 2 is 1.66 bits per heavy atom. The lowest BCUT2D eigenvalue weighted by molar-refractivity contribution is -0.112. The molecule has 1 aromatic heterocycles. The normalized spacial score (nSPS) is 14.8. The number of anilines is 1. The molecule has 0 saturated heterocycles. The molecule has 1 aliphatic rings. The number of para-hydroxylation sites is 1. The Morgan fingerprint density at radius 3 is 2.31 bits per heavy atom. The molecule has 0 N–H and O–H groups in total. The highest BCUT2D eigenvalue weighted by Gasteiger charge is 2.31. The molecule has 1 amide bonds. The van der Waals surface area contributed by atoms with Crippen LogP contribution in [-0.2, 0) is 4.79 Å². The summed E-state index contributed by atoms with van der Waals surface area (Å²) in [7, 11) is 0. The Bertz CT molecular complexity index is 1150. The lowest BCUT2D eigenvalue weighted by atomic mass is 10.0. The molecule has 0 unspecified atom stereocenters. The van der Waals surface area contributed by atoms with Crippen molar-refractivity contribution in [1.82, 2.24) is 4.57 Å². The van der Waals surface area contributed by atoms with E-state index in [9.17, 15) is 4.79 Å². The minimum absolute atomic E-state index is 0.0776. The van der Waals surface area contributed by atoms with Crippen molar-refractivity contribution in [3.05, 3.63) is 80.6 Å². The third kappa shape index (κ3) is 3.16. The highest BCUT2D eigenvalue weighted by Crippen LogP contribution is 2.38. The minimum atomic E-state index is 0.0776. The maximum Gasteiger partial charge on any atom is 0.258 e. The second-order valence-electron chi connectivity index (χ2n) is 7.68. The van der Waals surface area contributed by atoms with E-state index >= 15 is 0 Å². The fraction of sp³-hybridized carbons (Fsp3) is 0.240. The van der Waals surface area contributed by atoms with E-state index in [2.05, 4.69) is 66.4 Å². The standard InChI is InChI=1S/C25H25BrN2O/c1-6-27-23-10-8-7-9-21(23)22(25(27)29)14-19-13-17(4)28(18(19)5)20-11-15(2)24(26)16(3)12-20/h7-14H,6H2,1-5H3/b22-14+. The molecule has 148 valence electrons. The first-order chi connectivity index (χ1) is 13.8. The summed E-state index contributed by atoms with van der Waals surface area (Å²) < 4.78 is 3.42. The van der Waals surface area contributed by atoms with E-state index in [1.165, 1.54) is 11.1 Å². The van der Waals surface area contributed by atoms with Gasteiger partial charge in [-0.1, -0.05) is 34.1 Å². The van der Waals surface area contributed by atoms with Gasteiger partial charge in [0.2, 0.25) is 0 Å². The zero-order chi connectivity index (χ0) is 20.9. The second kappa shape index (κ2) is 7.34. The van der Waals surface area contributed by atoms with E-state index in [1.807, 2.05) is 42.2 Å². The van der Waals surface area contributed by atoms with Gasteiger partial charge in [0.25, 0.3) is 5.91 Å². The lowest BCUT2D eigenvalue weighted by Crippen LogP contribution is -2.25. The number of amides is 1.